The first-order valence-electron chi connectivity index (χ1n) is 8.21. The zero-order chi connectivity index (χ0) is 22.4. The van der Waals surface area contributed by atoms with E-state index >= 15 is 0 Å². The molecule has 0 radical (unpaired) electrons. The predicted molar refractivity (Wildman–Crippen MR) is 104 cm³/mol. The highest BCUT2D eigenvalue weighted by atomic mass is 35.5. The third-order valence-corrected chi connectivity index (χ3v) is 5.48. The van der Waals surface area contributed by atoms with Crippen molar-refractivity contribution < 1.29 is 27.9 Å². The van der Waals surface area contributed by atoms with E-state index in [0.29, 0.717) is 0 Å². The first kappa shape index (κ1) is 21.6. The van der Waals surface area contributed by atoms with Crippen molar-refractivity contribution in [3.8, 4) is 0 Å². The summed E-state index contributed by atoms with van der Waals surface area (Å²) in [6.45, 7) is 2.96. The van der Waals surface area contributed by atoms with Crippen LogP contribution in [-0.4, -0.2) is 39.5 Å². The van der Waals surface area contributed by atoms with Gasteiger partial charge in [-0.2, -0.15) is 13.9 Å². The van der Waals surface area contributed by atoms with Crippen LogP contribution < -0.4 is 11.1 Å². The Labute approximate surface area is 176 Å². The third-order valence-electron chi connectivity index (χ3n) is 4.07. The van der Waals surface area contributed by atoms with Crippen LogP contribution in [-0.2, 0) is 10.1 Å². The molecule has 0 aliphatic carbocycles. The minimum Gasteiger partial charge on any atom is -0.465 e. The van der Waals surface area contributed by atoms with Crippen LogP contribution in [0.15, 0.2) is 12.1 Å². The Balaban J connectivity index is 2.05. The molecule has 13 heteroatoms. The second-order valence-corrected chi connectivity index (χ2v) is 7.65. The number of nitrogens with two attached hydrogens (primary N) is 1. The topological polar surface area (TPSA) is 129 Å². The average molecular weight is 458 g/mol. The maximum atomic E-state index is 13.7. The standard InChI is InChI=1S/C17H14ClF2N5O4S/c1-6-4-9(17(18,19)20)25-10(22-6)5-8(24-25)14(27)23-15-11(16(28)29-3)7(2)12(30-15)13(21)26/h4-5H,1-3H3,(H2,21,26)(H,23,27). The van der Waals surface area contributed by atoms with Crippen LogP contribution in [0.5, 0.6) is 0 Å². The number of nitrogens with one attached hydrogen (secondary N) is 1. The summed E-state index contributed by atoms with van der Waals surface area (Å²) in [5.74, 6) is -2.41. The van der Waals surface area contributed by atoms with Gasteiger partial charge in [0.1, 0.15) is 10.7 Å². The first-order chi connectivity index (χ1) is 13.9. The van der Waals surface area contributed by atoms with Crippen LogP contribution in [0.4, 0.5) is 13.8 Å². The summed E-state index contributed by atoms with van der Waals surface area (Å²) >= 11 is 5.91. The molecule has 9 nitrogen and oxygen atoms in total. The molecule has 2 amide bonds. The number of aromatic nitrogens is 3. The van der Waals surface area contributed by atoms with Crippen molar-refractivity contribution >= 4 is 51.4 Å². The van der Waals surface area contributed by atoms with Crippen molar-refractivity contribution in [1.82, 2.24) is 14.6 Å². The van der Waals surface area contributed by atoms with Crippen molar-refractivity contribution in [3.05, 3.63) is 45.2 Å². The number of aryl methyl sites for hydroxylation is 1. The zero-order valence-electron chi connectivity index (χ0n) is 15.7. The van der Waals surface area contributed by atoms with Crippen molar-refractivity contribution in [2.75, 3.05) is 12.4 Å². The van der Waals surface area contributed by atoms with Crippen LogP contribution in [0.25, 0.3) is 5.65 Å². The SMILES string of the molecule is COC(=O)c1c(NC(=O)c2cc3nc(C)cc(C(F)(F)Cl)n3n2)sc(C(N)=O)c1C. The fourth-order valence-corrected chi connectivity index (χ4v) is 3.94. The largest absolute Gasteiger partial charge is 0.465 e. The Hall–Kier alpha value is -3.12. The maximum absolute atomic E-state index is 13.7. The van der Waals surface area contributed by atoms with Gasteiger partial charge in [0.15, 0.2) is 11.3 Å². The molecule has 0 atom stereocenters. The molecule has 30 heavy (non-hydrogen) atoms. The first-order valence-corrected chi connectivity index (χ1v) is 9.41. The van der Waals surface area contributed by atoms with E-state index in [4.69, 9.17) is 17.3 Å². The van der Waals surface area contributed by atoms with Crippen molar-refractivity contribution in [1.29, 1.82) is 0 Å². The van der Waals surface area contributed by atoms with E-state index in [1.54, 1.807) is 0 Å². The summed E-state index contributed by atoms with van der Waals surface area (Å²) in [6, 6.07) is 2.23. The Morgan fingerprint density at radius 3 is 2.53 bits per heavy atom. The molecular weight excluding hydrogens is 444 g/mol. The molecule has 0 saturated heterocycles. The number of ether oxygens (including phenoxy) is 1. The number of carbonyl (C=O) groups excluding carboxylic acids is 3. The van der Waals surface area contributed by atoms with Crippen LogP contribution in [0.3, 0.4) is 0 Å². The molecule has 0 saturated carbocycles. The fraction of sp³-hybridized carbons (Fsp3) is 0.235. The highest BCUT2D eigenvalue weighted by molar-refractivity contribution is 7.18. The van der Waals surface area contributed by atoms with Gasteiger partial charge in [-0.25, -0.2) is 14.3 Å². The fourth-order valence-electron chi connectivity index (χ4n) is 2.76. The van der Waals surface area contributed by atoms with E-state index in [2.05, 4.69) is 20.1 Å². The van der Waals surface area contributed by atoms with Crippen LogP contribution in [0.1, 0.15) is 47.5 Å². The normalized spacial score (nSPS) is 11.5. The lowest BCUT2D eigenvalue weighted by atomic mass is 10.1. The van der Waals surface area contributed by atoms with Crippen LogP contribution in [0, 0.1) is 13.8 Å². The minimum absolute atomic E-state index is 0.00208. The monoisotopic (exact) mass is 457 g/mol. The molecule has 3 heterocycles. The number of amides is 2. The van der Waals surface area contributed by atoms with E-state index in [-0.39, 0.29) is 38.0 Å². The second kappa shape index (κ2) is 7.61. The summed E-state index contributed by atoms with van der Waals surface area (Å²) in [5, 5.41) is 2.55. The van der Waals surface area contributed by atoms with Gasteiger partial charge in [-0.15, -0.1) is 11.3 Å². The lowest BCUT2D eigenvalue weighted by Gasteiger charge is -2.10. The number of rotatable bonds is 5. The van der Waals surface area contributed by atoms with E-state index in [1.165, 1.54) is 19.9 Å². The predicted octanol–water partition coefficient (Wildman–Crippen LogP) is 2.83. The van der Waals surface area contributed by atoms with Gasteiger partial charge in [0.2, 0.25) is 0 Å². The van der Waals surface area contributed by atoms with E-state index in [9.17, 15) is 23.2 Å². The highest BCUT2D eigenvalue weighted by Gasteiger charge is 2.33. The second-order valence-electron chi connectivity index (χ2n) is 6.15. The molecule has 3 aromatic heterocycles. The van der Waals surface area contributed by atoms with E-state index in [0.717, 1.165) is 29.0 Å². The van der Waals surface area contributed by atoms with Crippen molar-refractivity contribution in [2.24, 2.45) is 5.73 Å². The molecule has 0 aromatic carbocycles. The number of carbonyl (C=O) groups is 3. The molecule has 0 aliphatic rings. The third kappa shape index (κ3) is 3.83. The zero-order valence-corrected chi connectivity index (χ0v) is 17.3. The van der Waals surface area contributed by atoms with Gasteiger partial charge >= 0.3 is 11.4 Å². The lowest BCUT2D eigenvalue weighted by molar-refractivity contribution is 0.0601. The Bertz CT molecular complexity index is 1200. The molecule has 3 aromatic rings. The Kier molecular flexibility index (Phi) is 5.48. The molecule has 0 aliphatic heterocycles. The van der Waals surface area contributed by atoms with Crippen molar-refractivity contribution in [2.45, 2.75) is 19.2 Å². The number of primary amides is 1. The molecule has 158 valence electrons. The summed E-state index contributed by atoms with van der Waals surface area (Å²) < 4.78 is 32.9. The number of anilines is 1. The van der Waals surface area contributed by atoms with Gasteiger partial charge in [0, 0.05) is 11.8 Å². The van der Waals surface area contributed by atoms with Gasteiger partial charge < -0.3 is 15.8 Å². The summed E-state index contributed by atoms with van der Waals surface area (Å²) in [7, 11) is 1.14. The molecule has 3 rings (SSSR count). The average Bonchev–Trinajstić information content (AvgIpc) is 3.20. The van der Waals surface area contributed by atoms with Crippen LogP contribution in [0.2, 0.25) is 0 Å². The number of fused-ring (bicyclic) bond motifs is 1. The summed E-state index contributed by atoms with van der Waals surface area (Å²) in [6.07, 6.45) is 0. The number of nitrogens with zero attached hydrogens (tertiary/aromatic N) is 3. The quantitative estimate of drug-likeness (QED) is 0.447. The maximum Gasteiger partial charge on any atom is 0.364 e. The Morgan fingerprint density at radius 1 is 1.30 bits per heavy atom. The van der Waals surface area contributed by atoms with E-state index < -0.39 is 28.9 Å². The van der Waals surface area contributed by atoms with Gasteiger partial charge in [-0.05, 0) is 37.1 Å². The molecule has 0 bridgehead atoms. The number of hydrogen-bond acceptors (Lipinski definition) is 7. The Morgan fingerprint density at radius 2 is 1.97 bits per heavy atom. The van der Waals surface area contributed by atoms with Crippen LogP contribution >= 0.6 is 22.9 Å². The smallest absolute Gasteiger partial charge is 0.364 e. The molecule has 0 unspecified atom stereocenters. The number of hydrogen-bond donors (Lipinski definition) is 2. The van der Waals surface area contributed by atoms with Crippen molar-refractivity contribution in [3.63, 3.8) is 0 Å². The number of thiophene rings is 1. The van der Waals surface area contributed by atoms with Gasteiger partial charge in [0.05, 0.1) is 17.6 Å². The number of esters is 1. The molecule has 3 N–H and O–H groups in total. The van der Waals surface area contributed by atoms with Gasteiger partial charge in [0.25, 0.3) is 11.8 Å². The number of alkyl halides is 3. The van der Waals surface area contributed by atoms with Gasteiger partial charge in [-0.1, -0.05) is 0 Å². The molecular formula is C17H14ClF2N5O4S. The number of halogens is 3. The summed E-state index contributed by atoms with van der Waals surface area (Å²) in [5.41, 5.74) is 4.79. The highest BCUT2D eigenvalue weighted by Crippen LogP contribution is 2.34. The lowest BCUT2D eigenvalue weighted by Crippen LogP contribution is -2.16. The van der Waals surface area contributed by atoms with Gasteiger partial charge in [-0.3, -0.25) is 9.59 Å². The minimum atomic E-state index is -3.75. The molecule has 0 spiro atoms. The number of methoxy groups -OCH3 is 1. The van der Waals surface area contributed by atoms with E-state index in [1.807, 2.05) is 0 Å². The molecule has 0 fully saturated rings. The summed E-state index contributed by atoms with van der Waals surface area (Å²) in [4.78, 5) is 40.5.